The molecule has 10 nitrogen and oxygen atoms in total. The maximum absolute atomic E-state index is 14.0. The summed E-state index contributed by atoms with van der Waals surface area (Å²) in [4.78, 5) is 48.2. The number of halogens is 1. The van der Waals surface area contributed by atoms with Gasteiger partial charge in [0.2, 0.25) is 11.8 Å². The van der Waals surface area contributed by atoms with Gasteiger partial charge in [0.25, 0.3) is 5.56 Å². The van der Waals surface area contributed by atoms with Crippen molar-refractivity contribution in [2.75, 3.05) is 57.3 Å². The lowest BCUT2D eigenvalue weighted by Crippen LogP contribution is -2.62. The Morgan fingerprint density at radius 3 is 2.71 bits per heavy atom. The fourth-order valence-corrected chi connectivity index (χ4v) is 6.50. The van der Waals surface area contributed by atoms with Crippen molar-refractivity contribution in [3.05, 3.63) is 62.0 Å². The molecule has 0 bridgehead atoms. The third-order valence-corrected chi connectivity index (χ3v) is 8.84. The fourth-order valence-electron chi connectivity index (χ4n) is 6.27. The van der Waals surface area contributed by atoms with E-state index in [1.54, 1.807) is 0 Å². The number of hydrogen-bond acceptors (Lipinski definition) is 7. The van der Waals surface area contributed by atoms with E-state index in [0.717, 1.165) is 35.6 Å². The van der Waals surface area contributed by atoms with Crippen molar-refractivity contribution in [1.82, 2.24) is 20.1 Å². The second-order valence-electron chi connectivity index (χ2n) is 12.4. The van der Waals surface area contributed by atoms with E-state index < -0.39 is 12.0 Å². The van der Waals surface area contributed by atoms with Gasteiger partial charge in [0.1, 0.15) is 6.10 Å². The average molecular weight is 585 g/mol. The molecule has 0 saturated carbocycles. The van der Waals surface area contributed by atoms with Gasteiger partial charge in [0, 0.05) is 79.5 Å². The number of benzene rings is 1. The number of nitrogens with two attached hydrogens (primary N) is 1. The van der Waals surface area contributed by atoms with Gasteiger partial charge < -0.3 is 25.7 Å². The molecule has 2 aromatic rings. The number of piperazine rings is 1. The summed E-state index contributed by atoms with van der Waals surface area (Å²) in [5.41, 5.74) is 9.21. The van der Waals surface area contributed by atoms with Crippen LogP contribution < -0.4 is 21.5 Å². The third-order valence-electron chi connectivity index (χ3n) is 8.61. The summed E-state index contributed by atoms with van der Waals surface area (Å²) in [5.74, 6) is -0.440. The van der Waals surface area contributed by atoms with Crippen LogP contribution in [-0.2, 0) is 26.2 Å². The molecule has 1 aromatic carbocycles. The molecular formula is C30H41ClN6O4. The predicted octanol–water partition coefficient (Wildman–Crippen LogP) is 1.40. The van der Waals surface area contributed by atoms with Crippen LogP contribution in [0.1, 0.15) is 43.2 Å². The second kappa shape index (κ2) is 11.9. The van der Waals surface area contributed by atoms with Crippen molar-refractivity contribution in [2.24, 2.45) is 5.73 Å². The second-order valence-corrected chi connectivity index (χ2v) is 12.8. The first-order valence-electron chi connectivity index (χ1n) is 14.3. The number of nitrogens with one attached hydrogen (secondary N) is 2. The summed E-state index contributed by atoms with van der Waals surface area (Å²) in [6.07, 6.45) is -0.150. The molecule has 1 aromatic heterocycles. The minimum Gasteiger partial charge on any atom is -0.367 e. The first-order valence-corrected chi connectivity index (χ1v) is 14.7. The maximum Gasteiger partial charge on any atom is 0.251 e. The fraction of sp³-hybridized carbons (Fsp3) is 0.567. The largest absolute Gasteiger partial charge is 0.367 e. The van der Waals surface area contributed by atoms with E-state index in [2.05, 4.69) is 40.9 Å². The molecule has 2 fully saturated rings. The lowest BCUT2D eigenvalue weighted by atomic mass is 9.90. The number of morpholine rings is 1. The third kappa shape index (κ3) is 6.52. The Morgan fingerprint density at radius 2 is 1.98 bits per heavy atom. The number of pyridine rings is 1. The lowest BCUT2D eigenvalue weighted by Gasteiger charge is -2.43. The number of hydrogen-bond donors (Lipinski definition) is 3. The highest BCUT2D eigenvalue weighted by atomic mass is 35.5. The van der Waals surface area contributed by atoms with Crippen LogP contribution in [0.2, 0.25) is 5.02 Å². The Kier molecular flexibility index (Phi) is 8.59. The molecular weight excluding hydrogens is 544 g/mol. The molecule has 222 valence electrons. The van der Waals surface area contributed by atoms with Crippen LogP contribution in [0.15, 0.2) is 29.1 Å². The number of aromatic amines is 1. The Bertz CT molecular complexity index is 1380. The molecule has 4 N–H and O–H groups in total. The van der Waals surface area contributed by atoms with Gasteiger partial charge in [-0.05, 0) is 43.2 Å². The first kappa shape index (κ1) is 29.7. The first-order chi connectivity index (χ1) is 19.4. The SMILES string of the molecule is Cc1cc(Cl)ccc1Cc1cc2c([nH]c1=O)C(C)(C)CN2C(=O)CN1C[C@@H](C)NC[C@@H]1CN1CCOC(C(N)=O)C1. The Morgan fingerprint density at radius 1 is 1.20 bits per heavy atom. The molecule has 0 spiro atoms. The van der Waals surface area contributed by atoms with Crippen molar-refractivity contribution in [3.8, 4) is 0 Å². The van der Waals surface area contributed by atoms with Crippen molar-refractivity contribution in [1.29, 1.82) is 0 Å². The van der Waals surface area contributed by atoms with E-state index in [1.807, 2.05) is 36.1 Å². The van der Waals surface area contributed by atoms with Crippen molar-refractivity contribution in [3.63, 3.8) is 0 Å². The van der Waals surface area contributed by atoms with Gasteiger partial charge in [-0.3, -0.25) is 24.2 Å². The number of ether oxygens (including phenoxy) is 1. The molecule has 0 radical (unpaired) electrons. The summed E-state index contributed by atoms with van der Waals surface area (Å²) in [7, 11) is 0. The molecule has 5 rings (SSSR count). The number of fused-ring (bicyclic) bond motifs is 1. The van der Waals surface area contributed by atoms with Gasteiger partial charge in [0.05, 0.1) is 18.8 Å². The van der Waals surface area contributed by atoms with E-state index in [9.17, 15) is 14.4 Å². The monoisotopic (exact) mass is 584 g/mol. The van der Waals surface area contributed by atoms with Gasteiger partial charge in [-0.15, -0.1) is 0 Å². The number of anilines is 1. The summed E-state index contributed by atoms with van der Waals surface area (Å²) >= 11 is 6.14. The lowest BCUT2D eigenvalue weighted by molar-refractivity contribution is -0.135. The smallest absolute Gasteiger partial charge is 0.251 e. The molecule has 3 aliphatic heterocycles. The summed E-state index contributed by atoms with van der Waals surface area (Å²) < 4.78 is 5.52. The molecule has 2 saturated heterocycles. The molecule has 41 heavy (non-hydrogen) atoms. The van der Waals surface area contributed by atoms with Gasteiger partial charge in [-0.1, -0.05) is 31.5 Å². The Hall–Kier alpha value is -2.76. The predicted molar refractivity (Wildman–Crippen MR) is 160 cm³/mol. The van der Waals surface area contributed by atoms with Crippen molar-refractivity contribution in [2.45, 2.75) is 57.7 Å². The van der Waals surface area contributed by atoms with E-state index in [4.69, 9.17) is 22.1 Å². The zero-order valence-electron chi connectivity index (χ0n) is 24.3. The van der Waals surface area contributed by atoms with Crippen molar-refractivity contribution >= 4 is 29.1 Å². The molecule has 3 aliphatic rings. The molecule has 1 unspecified atom stereocenters. The maximum atomic E-state index is 14.0. The standard InChI is InChI=1S/C30H41ClN6O4/c1-18-9-22(31)6-5-20(18)10-21-11-24-27(34-29(21)40)30(3,4)17-37(24)26(38)16-36-13-19(2)33-12-23(36)14-35-7-8-41-25(15-35)28(32)39/h5-6,9,11,19,23,25,33H,7-8,10,12-17H2,1-4H3,(H2,32,39)(H,34,40)/t19-,23-,25?/m1/s1. The zero-order valence-corrected chi connectivity index (χ0v) is 25.1. The van der Waals surface area contributed by atoms with Gasteiger partial charge in [-0.25, -0.2) is 0 Å². The summed E-state index contributed by atoms with van der Waals surface area (Å²) in [6.45, 7) is 12.8. The number of carbonyl (C=O) groups is 2. The van der Waals surface area contributed by atoms with Gasteiger partial charge >= 0.3 is 0 Å². The number of H-pyrrole nitrogens is 1. The minimum absolute atomic E-state index is 0.00795. The number of rotatable bonds is 7. The highest BCUT2D eigenvalue weighted by Gasteiger charge is 2.41. The number of aromatic nitrogens is 1. The van der Waals surface area contributed by atoms with Gasteiger partial charge in [0.15, 0.2) is 0 Å². The van der Waals surface area contributed by atoms with E-state index >= 15 is 0 Å². The number of nitrogens with zero attached hydrogens (tertiary/aromatic N) is 3. The number of aryl methyl sites for hydroxylation is 1. The summed E-state index contributed by atoms with van der Waals surface area (Å²) in [5, 5.41) is 4.20. The van der Waals surface area contributed by atoms with Crippen LogP contribution in [0.25, 0.3) is 0 Å². The minimum atomic E-state index is -0.606. The summed E-state index contributed by atoms with van der Waals surface area (Å²) in [6, 6.07) is 7.91. The van der Waals surface area contributed by atoms with Crippen LogP contribution in [0.4, 0.5) is 5.69 Å². The van der Waals surface area contributed by atoms with Crippen LogP contribution in [0, 0.1) is 6.92 Å². The zero-order chi connectivity index (χ0) is 29.5. The topological polar surface area (TPSA) is 124 Å². The van der Waals surface area contributed by atoms with E-state index in [1.165, 1.54) is 0 Å². The number of amides is 2. The van der Waals surface area contributed by atoms with Gasteiger partial charge in [-0.2, -0.15) is 0 Å². The van der Waals surface area contributed by atoms with Crippen LogP contribution in [-0.4, -0.2) is 97.2 Å². The molecule has 11 heteroatoms. The normalized spacial score (nSPS) is 24.8. The molecule has 0 aliphatic carbocycles. The van der Waals surface area contributed by atoms with E-state index in [-0.39, 0.29) is 35.5 Å². The molecule has 4 heterocycles. The number of primary amides is 1. The quantitative estimate of drug-likeness (QED) is 0.449. The van der Waals surface area contributed by atoms with E-state index in [0.29, 0.717) is 49.8 Å². The Labute approximate surface area is 246 Å². The molecule has 2 amide bonds. The highest BCUT2D eigenvalue weighted by Crippen LogP contribution is 2.39. The van der Waals surface area contributed by atoms with Crippen LogP contribution >= 0.6 is 11.6 Å². The van der Waals surface area contributed by atoms with Crippen molar-refractivity contribution < 1.29 is 14.3 Å². The number of carbonyl (C=O) groups excluding carboxylic acids is 2. The Balaban J connectivity index is 1.35. The highest BCUT2D eigenvalue weighted by molar-refractivity contribution is 6.30. The van der Waals surface area contributed by atoms with Crippen LogP contribution in [0.5, 0.6) is 0 Å². The average Bonchev–Trinajstić information content (AvgIpc) is 3.17. The molecule has 3 atom stereocenters. The van der Waals surface area contributed by atoms with Crippen LogP contribution in [0.3, 0.4) is 0 Å².